The molecule has 1 atom stereocenters. The number of benzene rings is 2. The van der Waals surface area contributed by atoms with Gasteiger partial charge in [0.2, 0.25) is 0 Å². The van der Waals surface area contributed by atoms with Crippen LogP contribution in [0.5, 0.6) is 0 Å². The Morgan fingerprint density at radius 2 is 1.91 bits per heavy atom. The average Bonchev–Trinajstić information content (AvgIpc) is 3.25. The third kappa shape index (κ3) is 4.35. The number of ether oxygens (including phenoxy) is 1. The molecule has 2 aromatic heterocycles. The van der Waals surface area contributed by atoms with Crippen molar-refractivity contribution in [3.05, 3.63) is 88.8 Å². The number of nitrogens with one attached hydrogen (secondary N) is 1. The Kier molecular flexibility index (Phi) is 5.60. The second-order valence-electron chi connectivity index (χ2n) is 8.23. The topological polar surface area (TPSA) is 94.3 Å². The molecule has 0 fully saturated rings. The molecule has 1 unspecified atom stereocenters. The Bertz CT molecular complexity index is 1330. The van der Waals surface area contributed by atoms with Gasteiger partial charge in [0.15, 0.2) is 12.4 Å². The number of carbonyl (C=O) groups is 2. The van der Waals surface area contributed by atoms with E-state index in [1.807, 2.05) is 42.5 Å². The smallest absolute Gasteiger partial charge is 0.339 e. The number of amides is 1. The molecule has 0 saturated heterocycles. The molecule has 166 valence electrons. The van der Waals surface area contributed by atoms with E-state index < -0.39 is 18.5 Å². The van der Waals surface area contributed by atoms with Crippen molar-refractivity contribution in [1.82, 2.24) is 10.1 Å². The summed E-state index contributed by atoms with van der Waals surface area (Å²) in [7, 11) is 0. The minimum atomic E-state index is -0.523. The van der Waals surface area contributed by atoms with Gasteiger partial charge >= 0.3 is 5.97 Å². The maximum atomic E-state index is 13.3. The second kappa shape index (κ2) is 8.86. The number of rotatable bonds is 5. The number of aryl methyl sites for hydroxylation is 2. The maximum absolute atomic E-state index is 13.3. The largest absolute Gasteiger partial charge is 0.452 e. The predicted octanol–water partition coefficient (Wildman–Crippen LogP) is 4.60. The fraction of sp³-hybridized carbons (Fsp3) is 0.231. The van der Waals surface area contributed by atoms with Gasteiger partial charge in [-0.3, -0.25) is 9.78 Å². The summed E-state index contributed by atoms with van der Waals surface area (Å²) in [4.78, 5) is 30.4. The van der Waals surface area contributed by atoms with Gasteiger partial charge in [-0.15, -0.1) is 0 Å². The molecule has 5 rings (SSSR count). The maximum Gasteiger partial charge on any atom is 0.339 e. The molecule has 1 amide bonds. The van der Waals surface area contributed by atoms with Crippen molar-refractivity contribution in [1.29, 1.82) is 0 Å². The van der Waals surface area contributed by atoms with E-state index in [9.17, 15) is 9.59 Å². The number of hydrogen-bond acceptors (Lipinski definition) is 6. The Balaban J connectivity index is 1.42. The van der Waals surface area contributed by atoms with E-state index in [0.29, 0.717) is 23.7 Å². The molecule has 1 aliphatic carbocycles. The summed E-state index contributed by atoms with van der Waals surface area (Å²) in [5, 5.41) is 7.02. The van der Waals surface area contributed by atoms with Crippen LogP contribution in [0.1, 0.15) is 45.3 Å². The summed E-state index contributed by atoms with van der Waals surface area (Å²) in [6, 6.07) is 19.5. The van der Waals surface area contributed by atoms with Crippen LogP contribution < -0.4 is 5.32 Å². The molecule has 0 spiro atoms. The van der Waals surface area contributed by atoms with Crippen LogP contribution >= 0.6 is 0 Å². The van der Waals surface area contributed by atoms with E-state index in [1.165, 1.54) is 5.56 Å². The molecule has 1 aliphatic rings. The van der Waals surface area contributed by atoms with Crippen LogP contribution in [0.25, 0.3) is 10.9 Å². The summed E-state index contributed by atoms with van der Waals surface area (Å²) in [5.74, 6) is 0.152. The number of anilines is 1. The summed E-state index contributed by atoms with van der Waals surface area (Å²) < 4.78 is 10.4. The van der Waals surface area contributed by atoms with Crippen molar-refractivity contribution in [2.24, 2.45) is 0 Å². The van der Waals surface area contributed by atoms with Crippen molar-refractivity contribution in [3.63, 3.8) is 0 Å². The fourth-order valence-electron chi connectivity index (χ4n) is 4.44. The van der Waals surface area contributed by atoms with Crippen LogP contribution in [-0.2, 0) is 22.4 Å². The first-order valence-corrected chi connectivity index (χ1v) is 10.9. The van der Waals surface area contributed by atoms with Gasteiger partial charge in [-0.05, 0) is 49.3 Å². The lowest BCUT2D eigenvalue weighted by Crippen LogP contribution is -2.24. The number of aromatic nitrogens is 2. The number of nitrogens with zero attached hydrogens (tertiary/aromatic N) is 2. The molecule has 7 nitrogen and oxygen atoms in total. The highest BCUT2D eigenvalue weighted by Crippen LogP contribution is 2.36. The average molecular weight is 441 g/mol. The molecule has 0 bridgehead atoms. The number of pyridine rings is 1. The van der Waals surface area contributed by atoms with Gasteiger partial charge in [0.05, 0.1) is 11.1 Å². The number of para-hydroxylation sites is 1. The lowest BCUT2D eigenvalue weighted by Gasteiger charge is -2.26. The van der Waals surface area contributed by atoms with Gasteiger partial charge in [-0.25, -0.2) is 4.79 Å². The SMILES string of the molecule is Cc1cc(NC(=O)COC(=O)c2c3c(nc4ccccc24)CCC(c2ccccc2)C3)no1. The van der Waals surface area contributed by atoms with Gasteiger partial charge in [0.1, 0.15) is 5.76 Å². The molecule has 2 heterocycles. The Hall–Kier alpha value is -4.00. The highest BCUT2D eigenvalue weighted by molar-refractivity contribution is 6.06. The highest BCUT2D eigenvalue weighted by Gasteiger charge is 2.28. The van der Waals surface area contributed by atoms with E-state index in [-0.39, 0.29) is 5.82 Å². The lowest BCUT2D eigenvalue weighted by molar-refractivity contribution is -0.119. The van der Waals surface area contributed by atoms with Crippen molar-refractivity contribution in [2.75, 3.05) is 11.9 Å². The molecule has 1 N–H and O–H groups in total. The van der Waals surface area contributed by atoms with Gasteiger partial charge in [-0.1, -0.05) is 53.7 Å². The summed E-state index contributed by atoms with van der Waals surface area (Å²) in [6.45, 7) is 1.31. The second-order valence-corrected chi connectivity index (χ2v) is 8.23. The fourth-order valence-corrected chi connectivity index (χ4v) is 4.44. The predicted molar refractivity (Wildman–Crippen MR) is 123 cm³/mol. The Morgan fingerprint density at radius 1 is 1.12 bits per heavy atom. The van der Waals surface area contributed by atoms with E-state index in [4.69, 9.17) is 14.2 Å². The third-order valence-corrected chi connectivity index (χ3v) is 5.96. The van der Waals surface area contributed by atoms with E-state index >= 15 is 0 Å². The number of carbonyl (C=O) groups excluding carboxylic acids is 2. The monoisotopic (exact) mass is 441 g/mol. The zero-order valence-electron chi connectivity index (χ0n) is 18.2. The van der Waals surface area contributed by atoms with Crippen LogP contribution in [0.15, 0.2) is 65.2 Å². The molecule has 0 aliphatic heterocycles. The zero-order chi connectivity index (χ0) is 22.8. The molecular formula is C26H23N3O4. The van der Waals surface area contributed by atoms with E-state index in [2.05, 4.69) is 22.6 Å². The summed E-state index contributed by atoms with van der Waals surface area (Å²) in [6.07, 6.45) is 2.45. The van der Waals surface area contributed by atoms with E-state index in [0.717, 1.165) is 35.0 Å². The number of esters is 1. The Labute approximate surface area is 190 Å². The first-order chi connectivity index (χ1) is 16.1. The highest BCUT2D eigenvalue weighted by atomic mass is 16.5. The molecule has 7 heteroatoms. The van der Waals surface area contributed by atoms with Gasteiger partial charge < -0.3 is 14.6 Å². The molecule has 0 saturated carbocycles. The van der Waals surface area contributed by atoms with Crippen molar-refractivity contribution in [3.8, 4) is 0 Å². The van der Waals surface area contributed by atoms with Gasteiger partial charge in [0.25, 0.3) is 5.91 Å². The minimum Gasteiger partial charge on any atom is -0.452 e. The summed E-state index contributed by atoms with van der Waals surface area (Å²) >= 11 is 0. The quantitative estimate of drug-likeness (QED) is 0.455. The minimum absolute atomic E-state index is 0.283. The van der Waals surface area contributed by atoms with E-state index in [1.54, 1.807) is 13.0 Å². The van der Waals surface area contributed by atoms with Crippen LogP contribution in [-0.4, -0.2) is 28.6 Å². The lowest BCUT2D eigenvalue weighted by atomic mass is 9.80. The van der Waals surface area contributed by atoms with Crippen molar-refractivity contribution >= 4 is 28.6 Å². The molecule has 0 radical (unpaired) electrons. The first kappa shape index (κ1) is 20.9. The first-order valence-electron chi connectivity index (χ1n) is 10.9. The third-order valence-electron chi connectivity index (χ3n) is 5.96. The van der Waals surface area contributed by atoms with Crippen LogP contribution in [0.2, 0.25) is 0 Å². The van der Waals surface area contributed by atoms with Crippen molar-refractivity contribution < 1.29 is 18.8 Å². The van der Waals surface area contributed by atoms with Gasteiger partial charge in [0, 0.05) is 17.1 Å². The molecular weight excluding hydrogens is 418 g/mol. The molecule has 2 aromatic carbocycles. The van der Waals surface area contributed by atoms with Crippen molar-refractivity contribution in [2.45, 2.75) is 32.1 Å². The normalized spacial score (nSPS) is 15.1. The Morgan fingerprint density at radius 3 is 2.70 bits per heavy atom. The number of hydrogen-bond donors (Lipinski definition) is 1. The van der Waals surface area contributed by atoms with Gasteiger partial charge in [-0.2, -0.15) is 0 Å². The van der Waals surface area contributed by atoms with Crippen LogP contribution in [0, 0.1) is 6.92 Å². The zero-order valence-corrected chi connectivity index (χ0v) is 18.2. The van der Waals surface area contributed by atoms with Crippen LogP contribution in [0.3, 0.4) is 0 Å². The molecule has 4 aromatic rings. The molecule has 33 heavy (non-hydrogen) atoms. The van der Waals surface area contributed by atoms with Crippen LogP contribution in [0.4, 0.5) is 5.82 Å². The standard InChI is InChI=1S/C26H23N3O4/c1-16-13-23(29-33-16)28-24(30)15-32-26(31)25-19-9-5-6-10-21(19)27-22-12-11-18(14-20(22)25)17-7-3-2-4-8-17/h2-10,13,18H,11-12,14-15H2,1H3,(H,28,29,30). The summed E-state index contributed by atoms with van der Waals surface area (Å²) in [5.41, 5.74) is 4.34. The number of fused-ring (bicyclic) bond motifs is 2.